The van der Waals surface area contributed by atoms with Gasteiger partial charge in [-0.05, 0) is 65.0 Å². The average Bonchev–Trinajstić information content (AvgIpc) is 2.81. The fourth-order valence-electron chi connectivity index (χ4n) is 6.22. The highest BCUT2D eigenvalue weighted by Crippen LogP contribution is 2.53. The van der Waals surface area contributed by atoms with Crippen LogP contribution < -0.4 is 9.30 Å². The van der Waals surface area contributed by atoms with Crippen molar-refractivity contribution in [2.24, 2.45) is 7.05 Å². The molecule has 0 unspecified atom stereocenters. The van der Waals surface area contributed by atoms with Crippen molar-refractivity contribution in [3.63, 3.8) is 0 Å². The highest BCUT2D eigenvalue weighted by Gasteiger charge is 2.34. The summed E-state index contributed by atoms with van der Waals surface area (Å²) in [6, 6.07) is 15.9. The van der Waals surface area contributed by atoms with E-state index in [4.69, 9.17) is 4.74 Å². The molecule has 6 rings (SSSR count). The Bertz CT molecular complexity index is 1380. The van der Waals surface area contributed by atoms with Gasteiger partial charge in [-0.2, -0.15) is 0 Å². The predicted molar refractivity (Wildman–Crippen MR) is 133 cm³/mol. The van der Waals surface area contributed by atoms with Crippen molar-refractivity contribution in [2.75, 3.05) is 0 Å². The summed E-state index contributed by atoms with van der Waals surface area (Å²) in [6.45, 7) is 6.83. The normalized spacial score (nSPS) is 15.9. The molecule has 1 fully saturated rings. The summed E-state index contributed by atoms with van der Waals surface area (Å²) in [4.78, 5) is 0. The molecule has 162 valence electrons. The van der Waals surface area contributed by atoms with Crippen LogP contribution in [0.1, 0.15) is 74.5 Å². The van der Waals surface area contributed by atoms with Gasteiger partial charge in [0.1, 0.15) is 18.5 Å². The van der Waals surface area contributed by atoms with E-state index in [2.05, 4.69) is 81.0 Å². The SMILES string of the molecule is Cc1c2c(c(C(C)C)c3ccccc13)Oc1cc(C3CCCCC3)cc3cc[n+](C)c-2c13. The molecular formula is C30H32NO+. The molecule has 3 aromatic carbocycles. The van der Waals surface area contributed by atoms with Gasteiger partial charge < -0.3 is 4.74 Å². The Labute approximate surface area is 190 Å². The Morgan fingerprint density at radius 2 is 1.72 bits per heavy atom. The minimum Gasteiger partial charge on any atom is -0.455 e. The van der Waals surface area contributed by atoms with Crippen LogP contribution in [0.25, 0.3) is 32.8 Å². The van der Waals surface area contributed by atoms with Gasteiger partial charge in [0.25, 0.3) is 0 Å². The number of pyridine rings is 1. The van der Waals surface area contributed by atoms with Crippen LogP contribution in [0.5, 0.6) is 11.5 Å². The number of aromatic nitrogens is 1. The van der Waals surface area contributed by atoms with Gasteiger partial charge in [-0.15, -0.1) is 0 Å². The standard InChI is InChI=1S/C30H32NO/c1-18(2)26-24-13-9-8-12-23(24)19(3)27-29-28-21(14-15-31(29)4)16-22(17-25(28)32-30(26)27)20-10-6-5-7-11-20/h8-9,12-18,20H,5-7,10-11H2,1-4H3/q+1. The molecule has 2 heterocycles. The summed E-state index contributed by atoms with van der Waals surface area (Å²) >= 11 is 0. The molecule has 1 aliphatic carbocycles. The van der Waals surface area contributed by atoms with Crippen molar-refractivity contribution in [1.29, 1.82) is 0 Å². The topological polar surface area (TPSA) is 13.1 Å². The van der Waals surface area contributed by atoms with Crippen LogP contribution >= 0.6 is 0 Å². The van der Waals surface area contributed by atoms with Crippen molar-refractivity contribution in [3.8, 4) is 22.8 Å². The minimum atomic E-state index is 0.377. The van der Waals surface area contributed by atoms with Gasteiger partial charge in [-0.3, -0.25) is 0 Å². The molecule has 2 nitrogen and oxygen atoms in total. The number of hydrogen-bond donors (Lipinski definition) is 0. The maximum Gasteiger partial charge on any atom is 0.228 e. The molecule has 32 heavy (non-hydrogen) atoms. The van der Waals surface area contributed by atoms with Crippen LogP contribution in [0.3, 0.4) is 0 Å². The average molecular weight is 423 g/mol. The van der Waals surface area contributed by atoms with E-state index in [9.17, 15) is 0 Å². The first-order valence-electron chi connectivity index (χ1n) is 12.2. The Morgan fingerprint density at radius 3 is 2.47 bits per heavy atom. The highest BCUT2D eigenvalue weighted by molar-refractivity contribution is 6.06. The smallest absolute Gasteiger partial charge is 0.228 e. The third-order valence-electron chi connectivity index (χ3n) is 7.79. The zero-order valence-corrected chi connectivity index (χ0v) is 19.7. The maximum absolute atomic E-state index is 6.90. The third-order valence-corrected chi connectivity index (χ3v) is 7.79. The molecule has 0 radical (unpaired) electrons. The number of ether oxygens (including phenoxy) is 1. The van der Waals surface area contributed by atoms with Crippen molar-refractivity contribution in [1.82, 2.24) is 0 Å². The molecular weight excluding hydrogens is 390 g/mol. The lowest BCUT2D eigenvalue weighted by Crippen LogP contribution is -2.32. The number of nitrogens with zero attached hydrogens (tertiary/aromatic N) is 1. The Hall–Kier alpha value is -2.87. The number of rotatable bonds is 2. The second-order valence-corrected chi connectivity index (χ2v) is 10.1. The number of fused-ring (bicyclic) bond motifs is 3. The molecule has 2 aliphatic rings. The summed E-state index contributed by atoms with van der Waals surface area (Å²) in [5, 5.41) is 5.22. The summed E-state index contributed by atoms with van der Waals surface area (Å²) in [6.07, 6.45) is 8.90. The summed E-state index contributed by atoms with van der Waals surface area (Å²) in [7, 11) is 2.17. The summed E-state index contributed by atoms with van der Waals surface area (Å²) < 4.78 is 9.20. The van der Waals surface area contributed by atoms with E-state index in [1.165, 1.54) is 81.6 Å². The Kier molecular flexibility index (Phi) is 4.54. The van der Waals surface area contributed by atoms with E-state index in [1.807, 2.05) is 0 Å². The van der Waals surface area contributed by atoms with Gasteiger partial charge in [0.05, 0.1) is 10.9 Å². The van der Waals surface area contributed by atoms with Gasteiger partial charge >= 0.3 is 0 Å². The second kappa shape index (κ2) is 7.33. The molecule has 0 atom stereocenters. The zero-order valence-electron chi connectivity index (χ0n) is 19.7. The molecule has 0 amide bonds. The van der Waals surface area contributed by atoms with Crippen LogP contribution in [0, 0.1) is 6.92 Å². The molecule has 4 aromatic rings. The molecule has 0 saturated heterocycles. The Balaban J connectivity index is 1.70. The monoisotopic (exact) mass is 422 g/mol. The molecule has 0 N–H and O–H groups in total. The molecule has 1 saturated carbocycles. The van der Waals surface area contributed by atoms with Gasteiger partial charge in [-0.1, -0.05) is 63.4 Å². The lowest BCUT2D eigenvalue weighted by atomic mass is 9.82. The number of aryl methyl sites for hydroxylation is 2. The van der Waals surface area contributed by atoms with E-state index in [0.717, 1.165) is 11.5 Å². The van der Waals surface area contributed by atoms with E-state index in [1.54, 1.807) is 0 Å². The van der Waals surface area contributed by atoms with Crippen molar-refractivity contribution >= 4 is 21.5 Å². The highest BCUT2D eigenvalue weighted by atomic mass is 16.5. The van der Waals surface area contributed by atoms with Gasteiger partial charge in [0, 0.05) is 11.6 Å². The molecule has 0 bridgehead atoms. The predicted octanol–water partition coefficient (Wildman–Crippen LogP) is 8.07. The van der Waals surface area contributed by atoms with Crippen molar-refractivity contribution in [2.45, 2.75) is 64.7 Å². The second-order valence-electron chi connectivity index (χ2n) is 10.1. The van der Waals surface area contributed by atoms with Crippen molar-refractivity contribution < 1.29 is 9.30 Å². The number of benzene rings is 3. The van der Waals surface area contributed by atoms with Crippen LogP contribution in [-0.2, 0) is 7.05 Å². The van der Waals surface area contributed by atoms with Crippen LogP contribution in [0.2, 0.25) is 0 Å². The van der Waals surface area contributed by atoms with Gasteiger partial charge in [0.2, 0.25) is 5.69 Å². The van der Waals surface area contributed by atoms with Gasteiger partial charge in [-0.25, -0.2) is 4.57 Å². The van der Waals surface area contributed by atoms with Crippen LogP contribution in [-0.4, -0.2) is 0 Å². The fourth-order valence-corrected chi connectivity index (χ4v) is 6.22. The summed E-state index contributed by atoms with van der Waals surface area (Å²) in [5.74, 6) is 3.14. The zero-order chi connectivity index (χ0) is 22.0. The first-order valence-corrected chi connectivity index (χ1v) is 12.2. The maximum atomic E-state index is 6.90. The van der Waals surface area contributed by atoms with Crippen molar-refractivity contribution in [3.05, 3.63) is 65.4 Å². The fraction of sp³-hybridized carbons (Fsp3) is 0.367. The van der Waals surface area contributed by atoms with Crippen LogP contribution in [0.15, 0.2) is 48.7 Å². The first kappa shape index (κ1) is 19.8. The Morgan fingerprint density at radius 1 is 0.969 bits per heavy atom. The lowest BCUT2D eigenvalue weighted by Gasteiger charge is -2.28. The minimum absolute atomic E-state index is 0.377. The lowest BCUT2D eigenvalue weighted by molar-refractivity contribution is -0.659. The molecule has 1 aromatic heterocycles. The first-order chi connectivity index (χ1) is 15.5. The molecule has 0 spiro atoms. The number of hydrogen-bond acceptors (Lipinski definition) is 1. The quantitative estimate of drug-likeness (QED) is 0.262. The third kappa shape index (κ3) is 2.81. The largest absolute Gasteiger partial charge is 0.455 e. The van der Waals surface area contributed by atoms with E-state index in [-0.39, 0.29) is 0 Å². The molecule has 2 heteroatoms. The van der Waals surface area contributed by atoms with Crippen LogP contribution in [0.4, 0.5) is 0 Å². The molecule has 1 aliphatic heterocycles. The van der Waals surface area contributed by atoms with E-state index >= 15 is 0 Å². The van der Waals surface area contributed by atoms with E-state index < -0.39 is 0 Å². The van der Waals surface area contributed by atoms with E-state index in [0.29, 0.717) is 11.8 Å². The summed E-state index contributed by atoms with van der Waals surface area (Å²) in [5.41, 5.74) is 6.65. The van der Waals surface area contributed by atoms with Gasteiger partial charge in [0.15, 0.2) is 6.20 Å².